The molecule has 0 unspecified atom stereocenters. The van der Waals surface area contributed by atoms with Crippen LogP contribution in [0.1, 0.15) is 38.2 Å². The summed E-state index contributed by atoms with van der Waals surface area (Å²) < 4.78 is 10.7. The van der Waals surface area contributed by atoms with Crippen molar-refractivity contribution in [3.8, 4) is 5.75 Å². The van der Waals surface area contributed by atoms with Gasteiger partial charge in [-0.25, -0.2) is 0 Å². The van der Waals surface area contributed by atoms with Gasteiger partial charge in [-0.2, -0.15) is 0 Å². The molecule has 1 aromatic carbocycles. The number of aldehydes is 1. The number of hydrogen-bond donors (Lipinski definition) is 0. The van der Waals surface area contributed by atoms with Crippen molar-refractivity contribution < 1.29 is 14.3 Å². The summed E-state index contributed by atoms with van der Waals surface area (Å²) in [6.07, 6.45) is 4.79. The Morgan fingerprint density at radius 1 is 1.22 bits per heavy atom. The van der Waals surface area contributed by atoms with Gasteiger partial charge in [-0.1, -0.05) is 38.3 Å². The Labute approximate surface area is 109 Å². The lowest BCUT2D eigenvalue weighted by atomic mass is 10.1. The summed E-state index contributed by atoms with van der Waals surface area (Å²) in [5, 5.41) is 0. The second kappa shape index (κ2) is 8.70. The minimum Gasteiger partial charge on any atom is -0.497 e. The Bertz CT molecular complexity index is 332. The van der Waals surface area contributed by atoms with Crippen molar-refractivity contribution in [3.63, 3.8) is 0 Å². The van der Waals surface area contributed by atoms with E-state index in [9.17, 15) is 4.79 Å². The van der Waals surface area contributed by atoms with Crippen LogP contribution in [0.3, 0.4) is 0 Å². The predicted octanol–water partition coefficient (Wildman–Crippen LogP) is 3.36. The van der Waals surface area contributed by atoms with Crippen molar-refractivity contribution in [1.82, 2.24) is 0 Å². The predicted molar refractivity (Wildman–Crippen MR) is 71.8 cm³/mol. The topological polar surface area (TPSA) is 35.5 Å². The highest BCUT2D eigenvalue weighted by molar-refractivity contribution is 5.55. The third-order valence-corrected chi connectivity index (χ3v) is 2.87. The van der Waals surface area contributed by atoms with Gasteiger partial charge in [0.05, 0.1) is 13.7 Å². The molecule has 18 heavy (non-hydrogen) atoms. The number of methoxy groups -OCH3 is 1. The van der Waals surface area contributed by atoms with Crippen LogP contribution >= 0.6 is 0 Å². The molecule has 0 saturated carbocycles. The Balaban J connectivity index is 2.34. The molecule has 100 valence electrons. The number of carbonyl (C=O) groups excluding carboxylic acids is 1. The van der Waals surface area contributed by atoms with Crippen LogP contribution in [0.15, 0.2) is 24.3 Å². The Hall–Kier alpha value is -1.35. The van der Waals surface area contributed by atoms with Gasteiger partial charge in [-0.3, -0.25) is 0 Å². The van der Waals surface area contributed by atoms with Crippen LogP contribution in [0, 0.1) is 0 Å². The van der Waals surface area contributed by atoms with Crippen molar-refractivity contribution in [2.24, 2.45) is 0 Å². The molecule has 0 fully saturated rings. The number of carbonyl (C=O) groups is 1. The normalized spacial score (nSPS) is 12.1. The van der Waals surface area contributed by atoms with Gasteiger partial charge in [0.2, 0.25) is 0 Å². The molecule has 0 aliphatic carbocycles. The standard InChI is InChI=1S/C15H22O3/c1-3-4-5-6-15(11-16)18-12-13-7-9-14(17-2)10-8-13/h7-11,15H,3-6,12H2,1-2H3/t15-/m0/s1. The first-order chi connectivity index (χ1) is 8.80. The van der Waals surface area contributed by atoms with E-state index in [1.165, 1.54) is 0 Å². The van der Waals surface area contributed by atoms with Gasteiger partial charge < -0.3 is 14.3 Å². The summed E-state index contributed by atoms with van der Waals surface area (Å²) in [4.78, 5) is 10.9. The molecule has 0 spiro atoms. The van der Waals surface area contributed by atoms with Gasteiger partial charge in [-0.05, 0) is 24.1 Å². The van der Waals surface area contributed by atoms with Gasteiger partial charge in [-0.15, -0.1) is 0 Å². The van der Waals surface area contributed by atoms with Gasteiger partial charge in [0.1, 0.15) is 18.1 Å². The van der Waals surface area contributed by atoms with E-state index in [2.05, 4.69) is 6.92 Å². The third-order valence-electron chi connectivity index (χ3n) is 2.87. The fraction of sp³-hybridized carbons (Fsp3) is 0.533. The zero-order chi connectivity index (χ0) is 13.2. The number of benzene rings is 1. The van der Waals surface area contributed by atoms with Gasteiger partial charge in [0.25, 0.3) is 0 Å². The summed E-state index contributed by atoms with van der Waals surface area (Å²) in [5.74, 6) is 0.827. The van der Waals surface area contributed by atoms with Crippen LogP contribution in [0.2, 0.25) is 0 Å². The van der Waals surface area contributed by atoms with Gasteiger partial charge >= 0.3 is 0 Å². The maximum atomic E-state index is 10.9. The number of hydrogen-bond acceptors (Lipinski definition) is 3. The number of unbranched alkanes of at least 4 members (excludes halogenated alkanes) is 2. The lowest BCUT2D eigenvalue weighted by Gasteiger charge is -2.11. The number of ether oxygens (including phenoxy) is 2. The molecule has 1 rings (SSSR count). The van der Waals surface area contributed by atoms with Crippen molar-refractivity contribution in [1.29, 1.82) is 0 Å². The molecule has 0 radical (unpaired) electrons. The van der Waals surface area contributed by atoms with Crippen molar-refractivity contribution in [2.45, 2.75) is 45.3 Å². The van der Waals surface area contributed by atoms with Gasteiger partial charge in [0.15, 0.2) is 0 Å². The fourth-order valence-corrected chi connectivity index (χ4v) is 1.71. The first-order valence-electron chi connectivity index (χ1n) is 6.50. The van der Waals surface area contributed by atoms with Crippen LogP contribution in [-0.2, 0) is 16.1 Å². The molecular weight excluding hydrogens is 228 g/mol. The summed E-state index contributed by atoms with van der Waals surface area (Å²) in [6, 6.07) is 7.69. The second-order valence-corrected chi connectivity index (χ2v) is 4.33. The molecule has 0 heterocycles. The molecule has 0 aromatic heterocycles. The molecule has 0 bridgehead atoms. The van der Waals surface area contributed by atoms with E-state index in [1.54, 1.807) is 7.11 Å². The second-order valence-electron chi connectivity index (χ2n) is 4.33. The maximum absolute atomic E-state index is 10.9. The van der Waals surface area contributed by atoms with E-state index < -0.39 is 0 Å². The van der Waals surface area contributed by atoms with E-state index in [4.69, 9.17) is 9.47 Å². The molecule has 0 aliphatic heterocycles. The SMILES string of the molecule is CCCCC[C@@H](C=O)OCc1ccc(OC)cc1. The highest BCUT2D eigenvalue weighted by atomic mass is 16.5. The average Bonchev–Trinajstić information content (AvgIpc) is 2.43. The molecule has 3 nitrogen and oxygen atoms in total. The zero-order valence-corrected chi connectivity index (χ0v) is 11.2. The van der Waals surface area contributed by atoms with Crippen LogP contribution < -0.4 is 4.74 Å². The van der Waals surface area contributed by atoms with E-state index in [-0.39, 0.29) is 6.10 Å². The van der Waals surface area contributed by atoms with Crippen LogP contribution in [0.5, 0.6) is 5.75 Å². The van der Waals surface area contributed by atoms with Crippen molar-refractivity contribution >= 4 is 6.29 Å². The number of rotatable bonds is 9. The monoisotopic (exact) mass is 250 g/mol. The Morgan fingerprint density at radius 2 is 1.94 bits per heavy atom. The third kappa shape index (κ3) is 5.32. The van der Waals surface area contributed by atoms with E-state index >= 15 is 0 Å². The molecule has 0 aliphatic rings. The molecular formula is C15H22O3. The van der Waals surface area contributed by atoms with Crippen molar-refractivity contribution in [2.75, 3.05) is 7.11 Å². The van der Waals surface area contributed by atoms with Crippen LogP contribution in [-0.4, -0.2) is 19.5 Å². The minimum absolute atomic E-state index is 0.279. The summed E-state index contributed by atoms with van der Waals surface area (Å²) in [7, 11) is 1.64. The first-order valence-corrected chi connectivity index (χ1v) is 6.50. The highest BCUT2D eigenvalue weighted by Crippen LogP contribution is 2.13. The van der Waals surface area contributed by atoms with Crippen LogP contribution in [0.25, 0.3) is 0 Å². The highest BCUT2D eigenvalue weighted by Gasteiger charge is 2.07. The summed E-state index contributed by atoms with van der Waals surface area (Å²) >= 11 is 0. The smallest absolute Gasteiger partial charge is 0.148 e. The average molecular weight is 250 g/mol. The summed E-state index contributed by atoms with van der Waals surface area (Å²) in [5.41, 5.74) is 1.05. The minimum atomic E-state index is -0.279. The van der Waals surface area contributed by atoms with E-state index in [0.29, 0.717) is 6.61 Å². The van der Waals surface area contributed by atoms with Crippen molar-refractivity contribution in [3.05, 3.63) is 29.8 Å². The Kier molecular flexibility index (Phi) is 7.11. The van der Waals surface area contributed by atoms with Gasteiger partial charge in [0, 0.05) is 0 Å². The van der Waals surface area contributed by atoms with Crippen LogP contribution in [0.4, 0.5) is 0 Å². The first kappa shape index (κ1) is 14.7. The lowest BCUT2D eigenvalue weighted by molar-refractivity contribution is -0.119. The molecule has 1 atom stereocenters. The molecule has 3 heteroatoms. The molecule has 0 N–H and O–H groups in total. The van der Waals surface area contributed by atoms with E-state index in [0.717, 1.165) is 43.3 Å². The molecule has 1 aromatic rings. The summed E-state index contributed by atoms with van der Waals surface area (Å²) in [6.45, 7) is 2.62. The Morgan fingerprint density at radius 3 is 2.50 bits per heavy atom. The largest absolute Gasteiger partial charge is 0.497 e. The fourth-order valence-electron chi connectivity index (χ4n) is 1.71. The zero-order valence-electron chi connectivity index (χ0n) is 11.2. The maximum Gasteiger partial charge on any atom is 0.148 e. The quantitative estimate of drug-likeness (QED) is 0.498. The molecule has 0 amide bonds. The lowest BCUT2D eigenvalue weighted by Crippen LogP contribution is -2.14. The van der Waals surface area contributed by atoms with E-state index in [1.807, 2.05) is 24.3 Å². The molecule has 0 saturated heterocycles.